The zero-order valence-corrected chi connectivity index (χ0v) is 24.9. The van der Waals surface area contributed by atoms with Crippen LogP contribution in [-0.4, -0.2) is 14.5 Å². The quantitative estimate of drug-likeness (QED) is 0.206. The molecule has 3 aromatic heterocycles. The Balaban J connectivity index is 1.32. The third-order valence-corrected chi connectivity index (χ3v) is 9.44. The van der Waals surface area contributed by atoms with E-state index in [2.05, 4.69) is 138 Å². The van der Waals surface area contributed by atoms with Gasteiger partial charge in [-0.2, -0.15) is 0 Å². The molecule has 0 atom stereocenters. The number of hydrogen-bond acceptors (Lipinski definition) is 3. The van der Waals surface area contributed by atoms with Gasteiger partial charge < -0.3 is 8.98 Å². The van der Waals surface area contributed by atoms with E-state index >= 15 is 0 Å². The minimum Gasteiger partial charge on any atom is -0.453 e. The number of rotatable bonds is 3. The Morgan fingerprint density at radius 2 is 1.30 bits per heavy atom. The first kappa shape index (κ1) is 25.3. The van der Waals surface area contributed by atoms with Crippen molar-refractivity contribution in [2.24, 2.45) is 0 Å². The monoisotopic (exact) mass is 589 g/mol. The Kier molecular flexibility index (Phi) is 5.37. The van der Waals surface area contributed by atoms with Crippen molar-refractivity contribution in [1.82, 2.24) is 14.5 Å². The van der Waals surface area contributed by atoms with Crippen molar-refractivity contribution in [2.45, 2.75) is 12.8 Å². The van der Waals surface area contributed by atoms with E-state index < -0.39 is 0 Å². The van der Waals surface area contributed by atoms with Crippen LogP contribution in [0.1, 0.15) is 17.7 Å². The number of nitrogens with zero attached hydrogens (tertiary/aromatic N) is 3. The van der Waals surface area contributed by atoms with Gasteiger partial charge in [-0.3, -0.25) is 0 Å². The molecule has 216 valence electrons. The van der Waals surface area contributed by atoms with Crippen LogP contribution in [0.2, 0.25) is 0 Å². The van der Waals surface area contributed by atoms with Crippen molar-refractivity contribution < 1.29 is 4.42 Å². The predicted molar refractivity (Wildman–Crippen MR) is 189 cm³/mol. The molecule has 0 saturated heterocycles. The van der Waals surface area contributed by atoms with Crippen molar-refractivity contribution in [1.29, 1.82) is 0 Å². The molecular formula is C42H27N3O. The van der Waals surface area contributed by atoms with Gasteiger partial charge in [0.1, 0.15) is 5.58 Å². The lowest BCUT2D eigenvalue weighted by Gasteiger charge is -2.16. The van der Waals surface area contributed by atoms with Crippen molar-refractivity contribution in [3.05, 3.63) is 145 Å². The standard InChI is InChI=1S/C42H27N3O/c1-2-13-26(14-3-1)39-31-19-6-9-21-34(31)43-42(44-39)33-25-27-15-4-5-16-28(27)38-32-20-12-24-37(40(32)46-41(33)38)45-35-22-10-7-17-29(35)30-18-8-11-23-36(30)45/h1-8,10-20,22-25H,9,21H2. The van der Waals surface area contributed by atoms with Crippen molar-refractivity contribution in [3.8, 4) is 28.3 Å². The second-order valence-electron chi connectivity index (χ2n) is 12.0. The maximum atomic E-state index is 7.07. The van der Waals surface area contributed by atoms with Crippen LogP contribution < -0.4 is 0 Å². The number of allylic oxidation sites excluding steroid dienone is 1. The first-order chi connectivity index (χ1) is 22.8. The van der Waals surface area contributed by atoms with Crippen LogP contribution in [-0.2, 0) is 6.42 Å². The maximum Gasteiger partial charge on any atom is 0.163 e. The summed E-state index contributed by atoms with van der Waals surface area (Å²) in [4.78, 5) is 10.5. The number of furan rings is 1. The molecule has 3 heterocycles. The summed E-state index contributed by atoms with van der Waals surface area (Å²) in [6.45, 7) is 0. The van der Waals surface area contributed by atoms with Crippen LogP contribution in [0.3, 0.4) is 0 Å². The van der Waals surface area contributed by atoms with E-state index in [9.17, 15) is 0 Å². The third-order valence-electron chi connectivity index (χ3n) is 9.44. The van der Waals surface area contributed by atoms with E-state index in [0.29, 0.717) is 5.82 Å². The van der Waals surface area contributed by atoms with Gasteiger partial charge in [0.15, 0.2) is 11.4 Å². The normalized spacial score (nSPS) is 13.0. The molecule has 0 N–H and O–H groups in total. The van der Waals surface area contributed by atoms with Gasteiger partial charge in [0.25, 0.3) is 0 Å². The molecule has 6 aromatic carbocycles. The average Bonchev–Trinajstić information content (AvgIpc) is 3.68. The van der Waals surface area contributed by atoms with E-state index in [-0.39, 0.29) is 0 Å². The number of aromatic nitrogens is 3. The highest BCUT2D eigenvalue weighted by atomic mass is 16.3. The van der Waals surface area contributed by atoms with Gasteiger partial charge in [-0.25, -0.2) is 9.97 Å². The predicted octanol–water partition coefficient (Wildman–Crippen LogP) is 10.9. The molecule has 0 spiro atoms. The molecule has 10 rings (SSSR count). The Morgan fingerprint density at radius 1 is 0.609 bits per heavy atom. The fourth-order valence-electron chi connectivity index (χ4n) is 7.40. The third kappa shape index (κ3) is 3.61. The van der Waals surface area contributed by atoms with Crippen LogP contribution in [0.15, 0.2) is 138 Å². The Labute approximate surface area is 264 Å². The van der Waals surface area contributed by atoms with Gasteiger partial charge in [-0.15, -0.1) is 0 Å². The van der Waals surface area contributed by atoms with Crippen LogP contribution in [0, 0.1) is 0 Å². The molecule has 0 amide bonds. The summed E-state index contributed by atoms with van der Waals surface area (Å²) in [5.74, 6) is 0.695. The molecular weight excluding hydrogens is 562 g/mol. The zero-order valence-electron chi connectivity index (χ0n) is 24.9. The fraction of sp³-hybridized carbons (Fsp3) is 0.0476. The Morgan fingerprint density at radius 3 is 2.11 bits per heavy atom. The highest BCUT2D eigenvalue weighted by Gasteiger charge is 2.24. The highest BCUT2D eigenvalue weighted by molar-refractivity contribution is 6.23. The smallest absolute Gasteiger partial charge is 0.163 e. The second-order valence-corrected chi connectivity index (χ2v) is 12.0. The van der Waals surface area contributed by atoms with Crippen LogP contribution >= 0.6 is 0 Å². The molecule has 0 fully saturated rings. The zero-order chi connectivity index (χ0) is 30.2. The van der Waals surface area contributed by atoms with Gasteiger partial charge >= 0.3 is 0 Å². The Bertz CT molecular complexity index is 2640. The van der Waals surface area contributed by atoms with Crippen molar-refractivity contribution in [2.75, 3.05) is 0 Å². The summed E-state index contributed by atoms with van der Waals surface area (Å²) in [6, 6.07) is 44.9. The topological polar surface area (TPSA) is 43.9 Å². The number of benzene rings is 6. The van der Waals surface area contributed by atoms with E-state index in [0.717, 1.165) is 90.4 Å². The van der Waals surface area contributed by atoms with Crippen LogP contribution in [0.5, 0.6) is 0 Å². The van der Waals surface area contributed by atoms with Gasteiger partial charge in [-0.1, -0.05) is 115 Å². The highest BCUT2D eigenvalue weighted by Crippen LogP contribution is 2.44. The minimum absolute atomic E-state index is 0.695. The molecule has 4 heteroatoms. The maximum absolute atomic E-state index is 7.07. The van der Waals surface area contributed by atoms with E-state index in [1.54, 1.807) is 0 Å². The Hall–Kier alpha value is -6.00. The molecule has 9 aromatic rings. The average molecular weight is 590 g/mol. The number of aryl methyl sites for hydroxylation is 1. The summed E-state index contributed by atoms with van der Waals surface area (Å²) < 4.78 is 9.41. The molecule has 46 heavy (non-hydrogen) atoms. The van der Waals surface area contributed by atoms with E-state index in [1.165, 1.54) is 10.8 Å². The first-order valence-electron chi connectivity index (χ1n) is 15.8. The SMILES string of the molecule is C1=Cc2c(nc(-c3cc4ccccc4c4c3oc3c(-n5c6ccccc6c6ccccc65)cccc34)nc2-c2ccccc2)CC1. The van der Waals surface area contributed by atoms with Crippen LogP contribution in [0.4, 0.5) is 0 Å². The summed E-state index contributed by atoms with van der Waals surface area (Å²) in [5.41, 5.74) is 10.1. The number of para-hydroxylation sites is 3. The molecule has 1 aliphatic rings. The molecule has 1 aliphatic carbocycles. The first-order valence-corrected chi connectivity index (χ1v) is 15.8. The number of hydrogen-bond donors (Lipinski definition) is 0. The lowest BCUT2D eigenvalue weighted by atomic mass is 9.96. The second kappa shape index (κ2) is 9.75. The fourth-order valence-corrected chi connectivity index (χ4v) is 7.40. The molecule has 0 radical (unpaired) electrons. The van der Waals surface area contributed by atoms with Gasteiger partial charge in [0, 0.05) is 32.7 Å². The number of fused-ring (bicyclic) bond motifs is 9. The van der Waals surface area contributed by atoms with Crippen molar-refractivity contribution >= 4 is 60.6 Å². The van der Waals surface area contributed by atoms with Gasteiger partial charge in [-0.05, 0) is 47.9 Å². The van der Waals surface area contributed by atoms with Crippen LogP contribution in [0.25, 0.3) is 88.9 Å². The lowest BCUT2D eigenvalue weighted by molar-refractivity contribution is 0.667. The molecule has 0 saturated carbocycles. The van der Waals surface area contributed by atoms with Gasteiger partial charge in [0.05, 0.1) is 33.7 Å². The summed E-state index contributed by atoms with van der Waals surface area (Å²) >= 11 is 0. The van der Waals surface area contributed by atoms with E-state index in [1.807, 2.05) is 6.07 Å². The van der Waals surface area contributed by atoms with Gasteiger partial charge in [0.2, 0.25) is 0 Å². The summed E-state index contributed by atoms with van der Waals surface area (Å²) in [5, 5.41) is 6.91. The van der Waals surface area contributed by atoms with Crippen molar-refractivity contribution in [3.63, 3.8) is 0 Å². The van der Waals surface area contributed by atoms with E-state index in [4.69, 9.17) is 14.4 Å². The lowest BCUT2D eigenvalue weighted by Crippen LogP contribution is -2.05. The molecule has 0 unspecified atom stereocenters. The largest absolute Gasteiger partial charge is 0.453 e. The molecule has 0 bridgehead atoms. The molecule has 0 aliphatic heterocycles. The molecule has 4 nitrogen and oxygen atoms in total. The summed E-state index contributed by atoms with van der Waals surface area (Å²) in [7, 11) is 0. The summed E-state index contributed by atoms with van der Waals surface area (Å²) in [6.07, 6.45) is 6.26. The minimum atomic E-state index is 0.695.